The van der Waals surface area contributed by atoms with Gasteiger partial charge in [-0.25, -0.2) is 4.98 Å². The van der Waals surface area contributed by atoms with Gasteiger partial charge in [-0.2, -0.15) is 4.98 Å². The second-order valence-electron chi connectivity index (χ2n) is 9.98. The summed E-state index contributed by atoms with van der Waals surface area (Å²) in [4.78, 5) is 35.0. The Morgan fingerprint density at radius 2 is 1.79 bits per heavy atom. The Bertz CT molecular complexity index is 1550. The molecule has 39 heavy (non-hydrogen) atoms. The number of hydrogen-bond acceptors (Lipinski definition) is 6. The number of hydrogen-bond donors (Lipinski definition) is 3. The van der Waals surface area contributed by atoms with Crippen LogP contribution in [0.3, 0.4) is 0 Å². The number of anilines is 3. The van der Waals surface area contributed by atoms with Gasteiger partial charge in [0.1, 0.15) is 11.6 Å². The number of carbonyl (C=O) groups is 2. The van der Waals surface area contributed by atoms with Gasteiger partial charge in [0.05, 0.1) is 18.4 Å². The van der Waals surface area contributed by atoms with Crippen LogP contribution in [0.15, 0.2) is 54.9 Å². The van der Waals surface area contributed by atoms with Crippen molar-refractivity contribution in [1.82, 2.24) is 19.9 Å². The molecule has 9 nitrogen and oxygen atoms in total. The van der Waals surface area contributed by atoms with Crippen LogP contribution >= 0.6 is 0 Å². The topological polar surface area (TPSA) is 110 Å². The van der Waals surface area contributed by atoms with Crippen molar-refractivity contribution < 1.29 is 14.3 Å². The maximum Gasteiger partial charge on any atom is 0.257 e. The van der Waals surface area contributed by atoms with Crippen LogP contribution < -0.4 is 20.7 Å². The second-order valence-corrected chi connectivity index (χ2v) is 9.98. The zero-order valence-electron chi connectivity index (χ0n) is 22.8. The maximum atomic E-state index is 13.3. The molecule has 2 aromatic heterocycles. The van der Waals surface area contributed by atoms with Crippen LogP contribution in [-0.4, -0.2) is 39.5 Å². The standard InChI is InChI=1S/C30H32N6O3/c1-17(2)32-28(37)20-9-11-23(25(15-20)39-5)33-30-31-16-21-10-12-24-22(13-14-36(24)27(21)35-30)29(38)34-26-18(3)7-6-8-19(26)4/h6-9,11,13-17H,10,12H2,1-5H3,(H,32,37)(H,34,38)(H,31,33,35). The highest BCUT2D eigenvalue weighted by atomic mass is 16.5. The van der Waals surface area contributed by atoms with Crippen molar-refractivity contribution in [2.45, 2.75) is 46.6 Å². The number of amides is 2. The van der Waals surface area contributed by atoms with E-state index in [1.54, 1.807) is 31.5 Å². The minimum Gasteiger partial charge on any atom is -0.495 e. The summed E-state index contributed by atoms with van der Waals surface area (Å²) in [5.74, 6) is 1.31. The third kappa shape index (κ3) is 5.20. The number of nitrogens with one attached hydrogen (secondary N) is 3. The Morgan fingerprint density at radius 1 is 1.03 bits per heavy atom. The molecule has 200 valence electrons. The fourth-order valence-corrected chi connectivity index (χ4v) is 4.82. The monoisotopic (exact) mass is 524 g/mol. The van der Waals surface area contributed by atoms with E-state index < -0.39 is 0 Å². The first-order valence-electron chi connectivity index (χ1n) is 12.9. The lowest BCUT2D eigenvalue weighted by Gasteiger charge is -2.20. The summed E-state index contributed by atoms with van der Waals surface area (Å²) in [5, 5.41) is 9.19. The summed E-state index contributed by atoms with van der Waals surface area (Å²) in [7, 11) is 1.55. The van der Waals surface area contributed by atoms with Crippen molar-refractivity contribution in [2.75, 3.05) is 17.7 Å². The minimum absolute atomic E-state index is 0.0296. The zero-order valence-corrected chi connectivity index (χ0v) is 22.8. The van der Waals surface area contributed by atoms with Gasteiger partial charge in [-0.3, -0.25) is 9.59 Å². The zero-order chi connectivity index (χ0) is 27.7. The number of ether oxygens (including phenoxy) is 1. The fourth-order valence-electron chi connectivity index (χ4n) is 4.82. The molecule has 5 rings (SSSR count). The van der Waals surface area contributed by atoms with Crippen LogP contribution in [0.1, 0.15) is 56.9 Å². The number of carbonyl (C=O) groups excluding carboxylic acids is 2. The van der Waals surface area contributed by atoms with Crippen molar-refractivity contribution in [3.63, 3.8) is 0 Å². The van der Waals surface area contributed by atoms with E-state index in [9.17, 15) is 9.59 Å². The molecule has 3 N–H and O–H groups in total. The quantitative estimate of drug-likeness (QED) is 0.309. The first-order valence-corrected chi connectivity index (χ1v) is 12.9. The molecule has 0 atom stereocenters. The molecule has 0 aliphatic carbocycles. The molecular weight excluding hydrogens is 492 g/mol. The molecule has 2 amide bonds. The van der Waals surface area contributed by atoms with Crippen LogP contribution in [0.5, 0.6) is 5.75 Å². The number of rotatable bonds is 7. The van der Waals surface area contributed by atoms with Crippen molar-refractivity contribution >= 4 is 29.1 Å². The highest BCUT2D eigenvalue weighted by Crippen LogP contribution is 2.31. The SMILES string of the molecule is COc1cc(C(=O)NC(C)C)ccc1Nc1ncc2c(n1)-n1ccc(C(=O)Nc3c(C)cccc3C)c1CC2. The van der Waals surface area contributed by atoms with E-state index in [0.29, 0.717) is 34.9 Å². The molecule has 0 bridgehead atoms. The molecular formula is C30H32N6O3. The van der Waals surface area contributed by atoms with Gasteiger partial charge < -0.3 is 25.3 Å². The molecule has 0 fully saturated rings. The van der Waals surface area contributed by atoms with E-state index in [1.165, 1.54) is 0 Å². The van der Waals surface area contributed by atoms with Gasteiger partial charge in [0.2, 0.25) is 5.95 Å². The van der Waals surface area contributed by atoms with Crippen molar-refractivity contribution in [2.24, 2.45) is 0 Å². The Morgan fingerprint density at radius 3 is 2.51 bits per heavy atom. The van der Waals surface area contributed by atoms with Gasteiger partial charge >= 0.3 is 0 Å². The van der Waals surface area contributed by atoms with Gasteiger partial charge in [0, 0.05) is 40.9 Å². The summed E-state index contributed by atoms with van der Waals surface area (Å²) in [6.07, 6.45) is 5.12. The van der Waals surface area contributed by atoms with Crippen LogP contribution in [0, 0.1) is 13.8 Å². The molecule has 0 unspecified atom stereocenters. The van der Waals surface area contributed by atoms with Gasteiger partial charge in [-0.05, 0) is 75.9 Å². The van der Waals surface area contributed by atoms with E-state index in [0.717, 1.165) is 40.3 Å². The summed E-state index contributed by atoms with van der Waals surface area (Å²) >= 11 is 0. The molecule has 0 radical (unpaired) electrons. The van der Waals surface area contributed by atoms with Gasteiger partial charge in [-0.1, -0.05) is 18.2 Å². The lowest BCUT2D eigenvalue weighted by atomic mass is 10.0. The van der Waals surface area contributed by atoms with Crippen LogP contribution in [0.25, 0.3) is 5.82 Å². The number of methoxy groups -OCH3 is 1. The van der Waals surface area contributed by atoms with Crippen LogP contribution in [0.4, 0.5) is 17.3 Å². The normalized spacial score (nSPS) is 11.9. The predicted octanol–water partition coefficient (Wildman–Crippen LogP) is 5.13. The third-order valence-corrected chi connectivity index (χ3v) is 6.79. The fraction of sp³-hybridized carbons (Fsp3) is 0.267. The highest BCUT2D eigenvalue weighted by Gasteiger charge is 2.24. The van der Waals surface area contributed by atoms with E-state index in [-0.39, 0.29) is 17.9 Å². The Labute approximate surface area is 227 Å². The Balaban J connectivity index is 1.40. The number of nitrogens with zero attached hydrogens (tertiary/aromatic N) is 3. The summed E-state index contributed by atoms with van der Waals surface area (Å²) in [6, 6.07) is 13.0. The largest absolute Gasteiger partial charge is 0.495 e. The molecule has 2 aromatic carbocycles. The van der Waals surface area contributed by atoms with Gasteiger partial charge in [-0.15, -0.1) is 0 Å². The van der Waals surface area contributed by atoms with Crippen molar-refractivity contribution in [3.05, 3.63) is 88.4 Å². The number of benzene rings is 2. The molecule has 0 spiro atoms. The van der Waals surface area contributed by atoms with E-state index in [2.05, 4.69) is 20.9 Å². The van der Waals surface area contributed by atoms with Crippen molar-refractivity contribution in [3.8, 4) is 11.6 Å². The first kappa shape index (κ1) is 26.0. The minimum atomic E-state index is -0.169. The summed E-state index contributed by atoms with van der Waals surface area (Å²) in [6.45, 7) is 7.80. The number of aryl methyl sites for hydroxylation is 3. The van der Waals surface area contributed by atoms with E-state index >= 15 is 0 Å². The van der Waals surface area contributed by atoms with E-state index in [1.807, 2.05) is 62.7 Å². The smallest absolute Gasteiger partial charge is 0.257 e. The lowest BCUT2D eigenvalue weighted by Crippen LogP contribution is -2.30. The molecule has 1 aliphatic heterocycles. The van der Waals surface area contributed by atoms with Gasteiger partial charge in [0.25, 0.3) is 11.8 Å². The Kier molecular flexibility index (Phi) is 7.06. The third-order valence-electron chi connectivity index (χ3n) is 6.79. The molecule has 9 heteroatoms. The molecule has 4 aromatic rings. The maximum absolute atomic E-state index is 13.3. The summed E-state index contributed by atoms with van der Waals surface area (Å²) < 4.78 is 7.49. The van der Waals surface area contributed by atoms with Gasteiger partial charge in [0.15, 0.2) is 0 Å². The van der Waals surface area contributed by atoms with Crippen molar-refractivity contribution in [1.29, 1.82) is 0 Å². The summed E-state index contributed by atoms with van der Waals surface area (Å²) in [5.41, 5.74) is 6.56. The number of fused-ring (bicyclic) bond motifs is 3. The first-order chi connectivity index (χ1) is 18.7. The number of aromatic nitrogens is 3. The molecule has 3 heterocycles. The highest BCUT2D eigenvalue weighted by molar-refractivity contribution is 6.06. The molecule has 0 saturated carbocycles. The number of para-hydroxylation sites is 1. The molecule has 0 saturated heterocycles. The predicted molar refractivity (Wildman–Crippen MR) is 152 cm³/mol. The van der Waals surface area contributed by atoms with Crippen LogP contribution in [-0.2, 0) is 12.8 Å². The second kappa shape index (κ2) is 10.6. The average molecular weight is 525 g/mol. The van der Waals surface area contributed by atoms with E-state index in [4.69, 9.17) is 9.72 Å². The lowest BCUT2D eigenvalue weighted by molar-refractivity contribution is 0.0942. The average Bonchev–Trinajstić information content (AvgIpc) is 3.35. The Hall–Kier alpha value is -4.66. The van der Waals surface area contributed by atoms with Crippen LogP contribution in [0.2, 0.25) is 0 Å². The molecule has 1 aliphatic rings.